The summed E-state index contributed by atoms with van der Waals surface area (Å²) < 4.78 is 13.5. The van der Waals surface area contributed by atoms with Gasteiger partial charge in [-0.1, -0.05) is 37.3 Å². The molecule has 0 bridgehead atoms. The highest BCUT2D eigenvalue weighted by molar-refractivity contribution is 7.98. The molecule has 112 valence electrons. The number of nitrogens with one attached hydrogen (secondary N) is 1. The lowest BCUT2D eigenvalue weighted by molar-refractivity contribution is 0.585. The van der Waals surface area contributed by atoms with Crippen molar-refractivity contribution in [2.24, 2.45) is 0 Å². The molecule has 1 nitrogen and oxygen atoms in total. The topological polar surface area (TPSA) is 12.0 Å². The van der Waals surface area contributed by atoms with Crippen LogP contribution in [0.4, 0.5) is 4.39 Å². The van der Waals surface area contributed by atoms with Crippen molar-refractivity contribution in [2.75, 3.05) is 12.8 Å². The largest absolute Gasteiger partial charge is 0.306 e. The fourth-order valence-corrected chi connectivity index (χ4v) is 3.08. The first-order chi connectivity index (χ1) is 10.2. The summed E-state index contributed by atoms with van der Waals surface area (Å²) in [5.41, 5.74) is 3.06. The maximum Gasteiger partial charge on any atom is 0.126 e. The van der Waals surface area contributed by atoms with E-state index in [4.69, 9.17) is 0 Å². The molecule has 0 aliphatic heterocycles. The first kappa shape index (κ1) is 16.1. The van der Waals surface area contributed by atoms with E-state index in [1.165, 1.54) is 10.5 Å². The monoisotopic (exact) mass is 303 g/mol. The van der Waals surface area contributed by atoms with E-state index in [2.05, 4.69) is 42.8 Å². The van der Waals surface area contributed by atoms with Gasteiger partial charge in [-0.15, -0.1) is 11.8 Å². The van der Waals surface area contributed by atoms with Crippen LogP contribution >= 0.6 is 11.8 Å². The maximum atomic E-state index is 13.5. The van der Waals surface area contributed by atoms with Gasteiger partial charge in [0.2, 0.25) is 0 Å². The molecule has 0 amide bonds. The fraction of sp³-hybridized carbons (Fsp3) is 0.333. The number of hydrogen-bond acceptors (Lipinski definition) is 2. The minimum absolute atomic E-state index is 0.105. The van der Waals surface area contributed by atoms with E-state index >= 15 is 0 Å². The van der Waals surface area contributed by atoms with Crippen molar-refractivity contribution < 1.29 is 4.39 Å². The summed E-state index contributed by atoms with van der Waals surface area (Å²) in [6.07, 6.45) is 3.16. The van der Waals surface area contributed by atoms with Crippen molar-refractivity contribution >= 4 is 11.8 Å². The van der Waals surface area contributed by atoms with Gasteiger partial charge in [0, 0.05) is 4.90 Å². The third-order valence-electron chi connectivity index (χ3n) is 3.56. The van der Waals surface area contributed by atoms with Gasteiger partial charge in [-0.2, -0.15) is 0 Å². The number of halogens is 1. The fourth-order valence-electron chi connectivity index (χ4n) is 2.45. The maximum absolute atomic E-state index is 13.5. The van der Waals surface area contributed by atoms with Crippen LogP contribution in [0.5, 0.6) is 0 Å². The van der Waals surface area contributed by atoms with E-state index < -0.39 is 0 Å². The quantitative estimate of drug-likeness (QED) is 0.758. The summed E-state index contributed by atoms with van der Waals surface area (Å²) in [5, 5.41) is 3.59. The van der Waals surface area contributed by atoms with Crippen LogP contribution in [0.15, 0.2) is 47.4 Å². The average molecular weight is 303 g/mol. The zero-order valence-corrected chi connectivity index (χ0v) is 13.6. The minimum atomic E-state index is -0.147. The Morgan fingerprint density at radius 2 is 1.95 bits per heavy atom. The lowest BCUT2D eigenvalue weighted by Crippen LogP contribution is -2.23. The summed E-state index contributed by atoms with van der Waals surface area (Å²) in [6, 6.07) is 13.9. The zero-order valence-electron chi connectivity index (χ0n) is 12.8. The van der Waals surface area contributed by atoms with Crippen LogP contribution in [-0.4, -0.2) is 12.8 Å². The molecular formula is C18H22FNS. The molecule has 0 heterocycles. The molecule has 2 rings (SSSR count). The second-order valence-corrected chi connectivity index (χ2v) is 5.99. The smallest absolute Gasteiger partial charge is 0.126 e. The highest BCUT2D eigenvalue weighted by Crippen LogP contribution is 2.31. The molecule has 2 aromatic rings. The number of benzene rings is 2. The van der Waals surface area contributed by atoms with Crippen LogP contribution in [0.3, 0.4) is 0 Å². The third kappa shape index (κ3) is 3.86. The Morgan fingerprint density at radius 1 is 1.19 bits per heavy atom. The number of rotatable bonds is 6. The standard InChI is InChI=1S/C18H22FNS/c1-4-11-20-18(14-9-10-16(19)13(2)12-14)15-7-5-6-8-17(15)21-3/h5-10,12,18,20H,4,11H2,1-3H3. The van der Waals surface area contributed by atoms with Crippen LogP contribution in [0.2, 0.25) is 0 Å². The molecule has 2 aromatic carbocycles. The van der Waals surface area contributed by atoms with Gasteiger partial charge in [0.1, 0.15) is 5.82 Å². The van der Waals surface area contributed by atoms with E-state index in [1.54, 1.807) is 17.8 Å². The predicted octanol–water partition coefficient (Wildman–Crippen LogP) is 4.95. The van der Waals surface area contributed by atoms with Crippen molar-refractivity contribution in [3.05, 3.63) is 65.0 Å². The molecule has 1 atom stereocenters. The molecule has 1 N–H and O–H groups in total. The van der Waals surface area contributed by atoms with Crippen molar-refractivity contribution in [1.82, 2.24) is 5.32 Å². The van der Waals surface area contributed by atoms with Crippen molar-refractivity contribution in [2.45, 2.75) is 31.2 Å². The molecule has 0 aromatic heterocycles. The summed E-state index contributed by atoms with van der Waals surface area (Å²) in [5.74, 6) is -0.147. The van der Waals surface area contributed by atoms with Gasteiger partial charge in [0.05, 0.1) is 6.04 Å². The lowest BCUT2D eigenvalue weighted by atomic mass is 9.97. The summed E-state index contributed by atoms with van der Waals surface area (Å²) in [6.45, 7) is 4.90. The van der Waals surface area contributed by atoms with Gasteiger partial charge in [-0.3, -0.25) is 0 Å². The summed E-state index contributed by atoms with van der Waals surface area (Å²) in [7, 11) is 0. The average Bonchev–Trinajstić information content (AvgIpc) is 2.51. The van der Waals surface area contributed by atoms with Crippen molar-refractivity contribution in [1.29, 1.82) is 0 Å². The predicted molar refractivity (Wildman–Crippen MR) is 89.5 cm³/mol. The van der Waals surface area contributed by atoms with E-state index in [9.17, 15) is 4.39 Å². The number of aryl methyl sites for hydroxylation is 1. The summed E-state index contributed by atoms with van der Waals surface area (Å²) >= 11 is 1.75. The van der Waals surface area contributed by atoms with Gasteiger partial charge in [0.25, 0.3) is 0 Å². The first-order valence-electron chi connectivity index (χ1n) is 7.29. The number of thioether (sulfide) groups is 1. The molecule has 0 saturated carbocycles. The molecule has 0 aliphatic rings. The van der Waals surface area contributed by atoms with Gasteiger partial charge >= 0.3 is 0 Å². The molecule has 0 fully saturated rings. The molecule has 0 radical (unpaired) electrons. The Labute approximate surface area is 131 Å². The molecule has 0 saturated heterocycles. The van der Waals surface area contributed by atoms with Gasteiger partial charge < -0.3 is 5.32 Å². The SMILES string of the molecule is CCCNC(c1ccc(F)c(C)c1)c1ccccc1SC. The van der Waals surface area contributed by atoms with Gasteiger partial charge in [-0.05, 0) is 55.0 Å². The van der Waals surface area contributed by atoms with Gasteiger partial charge in [0.15, 0.2) is 0 Å². The number of hydrogen-bond donors (Lipinski definition) is 1. The van der Waals surface area contributed by atoms with Gasteiger partial charge in [-0.25, -0.2) is 4.39 Å². The minimum Gasteiger partial charge on any atom is -0.306 e. The molecular weight excluding hydrogens is 281 g/mol. The summed E-state index contributed by atoms with van der Waals surface area (Å²) in [4.78, 5) is 1.26. The van der Waals surface area contributed by atoms with E-state index in [0.717, 1.165) is 18.5 Å². The molecule has 0 aliphatic carbocycles. The highest BCUT2D eigenvalue weighted by atomic mass is 32.2. The van der Waals surface area contributed by atoms with Crippen molar-refractivity contribution in [3.8, 4) is 0 Å². The molecule has 21 heavy (non-hydrogen) atoms. The van der Waals surface area contributed by atoms with Crippen LogP contribution < -0.4 is 5.32 Å². The van der Waals surface area contributed by atoms with E-state index in [0.29, 0.717) is 5.56 Å². The molecule has 1 unspecified atom stereocenters. The van der Waals surface area contributed by atoms with Crippen molar-refractivity contribution in [3.63, 3.8) is 0 Å². The third-order valence-corrected chi connectivity index (χ3v) is 4.38. The van der Waals surface area contributed by atoms with E-state index in [1.807, 2.05) is 19.1 Å². The second kappa shape index (κ2) is 7.62. The Hall–Kier alpha value is -1.32. The van der Waals surface area contributed by atoms with E-state index in [-0.39, 0.29) is 11.9 Å². The second-order valence-electron chi connectivity index (χ2n) is 5.14. The Bertz CT molecular complexity index is 598. The van der Waals surface area contributed by atoms with Crippen LogP contribution in [0.25, 0.3) is 0 Å². The Morgan fingerprint density at radius 3 is 2.62 bits per heavy atom. The molecule has 0 spiro atoms. The van der Waals surface area contributed by atoms with Crippen LogP contribution in [-0.2, 0) is 0 Å². The zero-order chi connectivity index (χ0) is 15.2. The normalized spacial score (nSPS) is 12.4. The Kier molecular flexibility index (Phi) is 5.83. The van der Waals surface area contributed by atoms with Crippen LogP contribution in [0, 0.1) is 12.7 Å². The molecule has 3 heteroatoms. The Balaban J connectivity index is 2.44. The lowest BCUT2D eigenvalue weighted by Gasteiger charge is -2.22. The highest BCUT2D eigenvalue weighted by Gasteiger charge is 2.17. The van der Waals surface area contributed by atoms with Crippen LogP contribution in [0.1, 0.15) is 36.1 Å². The first-order valence-corrected chi connectivity index (χ1v) is 8.52.